The molecule has 0 amide bonds. The third kappa shape index (κ3) is 2.93. The highest BCUT2D eigenvalue weighted by molar-refractivity contribution is 5.04. The summed E-state index contributed by atoms with van der Waals surface area (Å²) in [7, 11) is 0. The van der Waals surface area contributed by atoms with Gasteiger partial charge in [0.15, 0.2) is 0 Å². The minimum atomic E-state index is 0.730. The van der Waals surface area contributed by atoms with E-state index in [9.17, 15) is 0 Å². The monoisotopic (exact) mass is 248 g/mol. The van der Waals surface area contributed by atoms with Crippen molar-refractivity contribution in [2.75, 3.05) is 19.6 Å². The average Bonchev–Trinajstić information content (AvgIpc) is 3.15. The van der Waals surface area contributed by atoms with Crippen LogP contribution in [0.5, 0.6) is 0 Å². The van der Waals surface area contributed by atoms with Crippen LogP contribution in [0.1, 0.15) is 31.7 Å². The summed E-state index contributed by atoms with van der Waals surface area (Å²) in [6.45, 7) is 7.77. The van der Waals surface area contributed by atoms with Crippen LogP contribution in [0.4, 0.5) is 0 Å². The Bertz CT molecular complexity index is 383. The first-order valence-electron chi connectivity index (χ1n) is 7.32. The number of nitrogens with zero attached hydrogens (tertiary/aromatic N) is 3. The van der Waals surface area contributed by atoms with Gasteiger partial charge in [-0.05, 0) is 45.2 Å². The third-order valence-electron chi connectivity index (χ3n) is 4.12. The molecule has 4 nitrogen and oxygen atoms in total. The lowest BCUT2D eigenvalue weighted by Crippen LogP contribution is -2.38. The van der Waals surface area contributed by atoms with Crippen molar-refractivity contribution in [1.29, 1.82) is 0 Å². The standard InChI is InChI=1S/C14H24N4/c1-2-18-10-12(8-16-18)9-17-7-3-6-15-14(11-17)13-4-5-13/h8,10,13-15H,2-7,9,11H2,1H3. The summed E-state index contributed by atoms with van der Waals surface area (Å²) in [5, 5.41) is 8.08. The first-order chi connectivity index (χ1) is 8.85. The number of nitrogens with one attached hydrogen (secondary N) is 1. The molecular weight excluding hydrogens is 224 g/mol. The maximum atomic E-state index is 4.36. The van der Waals surface area contributed by atoms with Crippen LogP contribution in [-0.4, -0.2) is 40.4 Å². The predicted octanol–water partition coefficient (Wildman–Crippen LogP) is 1.48. The molecule has 0 spiro atoms. The number of rotatable bonds is 4. The highest BCUT2D eigenvalue weighted by Crippen LogP contribution is 2.33. The molecule has 3 rings (SSSR count). The Morgan fingerprint density at radius 1 is 1.44 bits per heavy atom. The third-order valence-corrected chi connectivity index (χ3v) is 4.12. The molecule has 1 saturated heterocycles. The van der Waals surface area contributed by atoms with Crippen LogP contribution in [0.25, 0.3) is 0 Å². The van der Waals surface area contributed by atoms with Crippen LogP contribution in [0.3, 0.4) is 0 Å². The second kappa shape index (κ2) is 5.41. The highest BCUT2D eigenvalue weighted by atomic mass is 15.3. The van der Waals surface area contributed by atoms with Crippen LogP contribution < -0.4 is 5.32 Å². The van der Waals surface area contributed by atoms with Gasteiger partial charge in [0.05, 0.1) is 6.20 Å². The largest absolute Gasteiger partial charge is 0.312 e. The van der Waals surface area contributed by atoms with Gasteiger partial charge < -0.3 is 5.32 Å². The lowest BCUT2D eigenvalue weighted by atomic mass is 10.1. The molecule has 18 heavy (non-hydrogen) atoms. The van der Waals surface area contributed by atoms with Crippen molar-refractivity contribution in [3.8, 4) is 0 Å². The van der Waals surface area contributed by atoms with E-state index in [2.05, 4.69) is 28.4 Å². The van der Waals surface area contributed by atoms with E-state index in [0.717, 1.165) is 25.0 Å². The fourth-order valence-corrected chi connectivity index (χ4v) is 2.90. The molecular formula is C14H24N4. The fourth-order valence-electron chi connectivity index (χ4n) is 2.90. The fraction of sp³-hybridized carbons (Fsp3) is 0.786. The van der Waals surface area contributed by atoms with E-state index in [-0.39, 0.29) is 0 Å². The molecule has 1 aliphatic carbocycles. The summed E-state index contributed by atoms with van der Waals surface area (Å²) in [5.74, 6) is 0.948. The zero-order valence-corrected chi connectivity index (χ0v) is 11.3. The van der Waals surface area contributed by atoms with Crippen molar-refractivity contribution in [2.45, 2.75) is 45.3 Å². The number of hydrogen-bond acceptors (Lipinski definition) is 3. The second-order valence-electron chi connectivity index (χ2n) is 5.69. The lowest BCUT2D eigenvalue weighted by molar-refractivity contribution is 0.251. The molecule has 0 aromatic carbocycles. The molecule has 4 heteroatoms. The normalized spacial score (nSPS) is 26.2. The maximum absolute atomic E-state index is 4.36. The Kier molecular flexibility index (Phi) is 3.66. The van der Waals surface area contributed by atoms with Gasteiger partial charge in [-0.25, -0.2) is 0 Å². The molecule has 1 aliphatic heterocycles. The van der Waals surface area contributed by atoms with Crippen LogP contribution in [0.2, 0.25) is 0 Å². The van der Waals surface area contributed by atoms with E-state index < -0.39 is 0 Å². The number of aryl methyl sites for hydroxylation is 1. The summed E-state index contributed by atoms with van der Waals surface area (Å²) in [5.41, 5.74) is 1.35. The molecule has 1 N–H and O–H groups in total. The molecule has 2 aliphatic rings. The molecule has 2 fully saturated rings. The molecule has 1 unspecified atom stereocenters. The van der Waals surface area contributed by atoms with Crippen molar-refractivity contribution < 1.29 is 0 Å². The topological polar surface area (TPSA) is 33.1 Å². The Labute approximate surface area is 109 Å². The SMILES string of the molecule is CCn1cc(CN2CCCNC(C3CC3)C2)cn1. The molecule has 100 valence electrons. The van der Waals surface area contributed by atoms with Gasteiger partial charge in [0.2, 0.25) is 0 Å². The average molecular weight is 248 g/mol. The predicted molar refractivity (Wildman–Crippen MR) is 72.3 cm³/mol. The van der Waals surface area contributed by atoms with Gasteiger partial charge in [0.1, 0.15) is 0 Å². The Morgan fingerprint density at radius 3 is 3.06 bits per heavy atom. The Hall–Kier alpha value is -0.870. The summed E-state index contributed by atoms with van der Waals surface area (Å²) < 4.78 is 2.02. The first kappa shape index (κ1) is 12.2. The van der Waals surface area contributed by atoms with Crippen molar-refractivity contribution in [2.24, 2.45) is 5.92 Å². The van der Waals surface area contributed by atoms with E-state index >= 15 is 0 Å². The van der Waals surface area contributed by atoms with Gasteiger partial charge in [0.25, 0.3) is 0 Å². The van der Waals surface area contributed by atoms with Crippen LogP contribution in [0.15, 0.2) is 12.4 Å². The molecule has 2 heterocycles. The van der Waals surface area contributed by atoms with Crippen molar-refractivity contribution in [3.63, 3.8) is 0 Å². The lowest BCUT2D eigenvalue weighted by Gasteiger charge is -2.23. The maximum Gasteiger partial charge on any atom is 0.0534 e. The van der Waals surface area contributed by atoms with Crippen molar-refractivity contribution >= 4 is 0 Å². The zero-order chi connectivity index (χ0) is 12.4. The second-order valence-corrected chi connectivity index (χ2v) is 5.69. The van der Waals surface area contributed by atoms with E-state index in [0.29, 0.717) is 0 Å². The van der Waals surface area contributed by atoms with Gasteiger partial charge in [-0.15, -0.1) is 0 Å². The number of aromatic nitrogens is 2. The van der Waals surface area contributed by atoms with Crippen molar-refractivity contribution in [3.05, 3.63) is 18.0 Å². The molecule has 0 bridgehead atoms. The zero-order valence-electron chi connectivity index (χ0n) is 11.3. The minimum absolute atomic E-state index is 0.730. The Balaban J connectivity index is 1.59. The molecule has 1 saturated carbocycles. The van der Waals surface area contributed by atoms with Crippen LogP contribution in [0, 0.1) is 5.92 Å². The van der Waals surface area contributed by atoms with Gasteiger partial charge >= 0.3 is 0 Å². The minimum Gasteiger partial charge on any atom is -0.312 e. The summed E-state index contributed by atoms with van der Waals surface area (Å²) in [4.78, 5) is 2.60. The molecule has 1 atom stereocenters. The summed E-state index contributed by atoms with van der Waals surface area (Å²) in [6, 6.07) is 0.730. The van der Waals surface area contributed by atoms with Crippen LogP contribution >= 0.6 is 0 Å². The van der Waals surface area contributed by atoms with Crippen molar-refractivity contribution in [1.82, 2.24) is 20.0 Å². The van der Waals surface area contributed by atoms with Crippen LogP contribution in [-0.2, 0) is 13.1 Å². The first-order valence-corrected chi connectivity index (χ1v) is 7.32. The summed E-state index contributed by atoms with van der Waals surface area (Å²) >= 11 is 0. The van der Waals surface area contributed by atoms with Gasteiger partial charge in [-0.1, -0.05) is 0 Å². The molecule has 1 aromatic heterocycles. The van der Waals surface area contributed by atoms with Gasteiger partial charge in [0, 0.05) is 37.4 Å². The summed E-state index contributed by atoms with van der Waals surface area (Å²) in [6.07, 6.45) is 8.34. The highest BCUT2D eigenvalue weighted by Gasteiger charge is 2.32. The van der Waals surface area contributed by atoms with E-state index in [1.165, 1.54) is 44.5 Å². The smallest absolute Gasteiger partial charge is 0.0534 e. The van der Waals surface area contributed by atoms with Gasteiger partial charge in [-0.3, -0.25) is 9.58 Å². The molecule has 0 radical (unpaired) electrons. The van der Waals surface area contributed by atoms with Gasteiger partial charge in [-0.2, -0.15) is 5.10 Å². The molecule has 1 aromatic rings. The van der Waals surface area contributed by atoms with E-state index in [1.807, 2.05) is 10.9 Å². The van der Waals surface area contributed by atoms with E-state index in [1.54, 1.807) is 0 Å². The van der Waals surface area contributed by atoms with E-state index in [4.69, 9.17) is 0 Å². The Morgan fingerprint density at radius 2 is 2.33 bits per heavy atom. The quantitative estimate of drug-likeness (QED) is 0.876. The number of hydrogen-bond donors (Lipinski definition) is 1.